The number of nitrogens with one attached hydrogen (secondary N) is 2. The molecule has 0 aliphatic carbocycles. The van der Waals surface area contributed by atoms with Crippen LogP contribution in [0.3, 0.4) is 0 Å². The van der Waals surface area contributed by atoms with E-state index in [1.807, 2.05) is 19.9 Å². The highest BCUT2D eigenvalue weighted by atomic mass is 32.2. The molecule has 2 heterocycles. The number of urea groups is 1. The number of anilines is 1. The van der Waals surface area contributed by atoms with Crippen molar-refractivity contribution >= 4 is 22.7 Å². The minimum atomic E-state index is -1.96. The quantitative estimate of drug-likeness (QED) is 0.485. The van der Waals surface area contributed by atoms with Gasteiger partial charge in [-0.2, -0.15) is 10.4 Å². The molecule has 0 fully saturated rings. The van der Waals surface area contributed by atoms with Crippen LogP contribution in [0.15, 0.2) is 47.8 Å². The van der Waals surface area contributed by atoms with E-state index in [0.29, 0.717) is 22.4 Å². The number of rotatable bonds is 7. The number of carbonyl (C=O) groups excluding carboxylic acids is 1. The molecule has 3 N–H and O–H groups in total. The summed E-state index contributed by atoms with van der Waals surface area (Å²) in [7, 11) is -1.96. The second-order valence-electron chi connectivity index (χ2n) is 7.66. The fourth-order valence-electron chi connectivity index (χ4n) is 3.20. The maximum absolute atomic E-state index is 14.4. The van der Waals surface area contributed by atoms with Gasteiger partial charge in [-0.05, 0) is 54.3 Å². The van der Waals surface area contributed by atoms with Crippen LogP contribution in [0.4, 0.5) is 14.9 Å². The van der Waals surface area contributed by atoms with Crippen LogP contribution in [-0.4, -0.2) is 36.2 Å². The third-order valence-corrected chi connectivity index (χ3v) is 5.59. The SMILES string of the molecule is CC(C)c1cc(F)cc(-c2ccnc(C#N)c2)c1NC(=O)NS(=O)c1ccn(C[C@@H](C)O)n1. The Labute approximate surface area is 192 Å². The highest BCUT2D eigenvalue weighted by Gasteiger charge is 2.20. The average Bonchev–Trinajstić information content (AvgIpc) is 3.22. The first kappa shape index (κ1) is 24.0. The third kappa shape index (κ3) is 6.00. The molecule has 2 amide bonds. The molecule has 172 valence electrons. The van der Waals surface area contributed by atoms with E-state index in [-0.39, 0.29) is 23.2 Å². The molecule has 2 aromatic heterocycles. The summed E-state index contributed by atoms with van der Waals surface area (Å²) in [6.07, 6.45) is 2.34. The first-order valence-electron chi connectivity index (χ1n) is 10.1. The van der Waals surface area contributed by atoms with Gasteiger partial charge in [0.1, 0.15) is 17.6 Å². The second-order valence-corrected chi connectivity index (χ2v) is 8.82. The van der Waals surface area contributed by atoms with Gasteiger partial charge in [-0.15, -0.1) is 0 Å². The van der Waals surface area contributed by atoms with Crippen molar-refractivity contribution in [3.05, 3.63) is 59.8 Å². The zero-order valence-corrected chi connectivity index (χ0v) is 19.1. The minimum Gasteiger partial charge on any atom is -0.391 e. The molecule has 1 unspecified atom stereocenters. The highest BCUT2D eigenvalue weighted by molar-refractivity contribution is 7.83. The van der Waals surface area contributed by atoms with E-state index in [9.17, 15) is 18.5 Å². The lowest BCUT2D eigenvalue weighted by Crippen LogP contribution is -2.31. The molecule has 3 rings (SSSR count). The molecule has 9 nitrogen and oxygen atoms in total. The number of amides is 2. The Kier molecular flexibility index (Phi) is 7.52. The van der Waals surface area contributed by atoms with Crippen molar-refractivity contribution in [2.75, 3.05) is 5.32 Å². The number of carbonyl (C=O) groups is 1. The lowest BCUT2D eigenvalue weighted by molar-refractivity contribution is 0.168. The van der Waals surface area contributed by atoms with Crippen molar-refractivity contribution in [3.63, 3.8) is 0 Å². The molecule has 3 aromatic rings. The number of aliphatic hydroxyl groups is 1. The molecule has 0 radical (unpaired) electrons. The topological polar surface area (TPSA) is 133 Å². The normalized spacial score (nSPS) is 12.8. The van der Waals surface area contributed by atoms with Gasteiger partial charge in [0.25, 0.3) is 0 Å². The van der Waals surface area contributed by atoms with E-state index in [4.69, 9.17) is 5.26 Å². The molecule has 2 atom stereocenters. The van der Waals surface area contributed by atoms with E-state index in [0.717, 1.165) is 0 Å². The number of hydrogen-bond donors (Lipinski definition) is 3. The van der Waals surface area contributed by atoms with Crippen molar-refractivity contribution in [2.45, 2.75) is 44.4 Å². The largest absolute Gasteiger partial charge is 0.391 e. The van der Waals surface area contributed by atoms with Crippen LogP contribution in [0.2, 0.25) is 0 Å². The predicted molar refractivity (Wildman–Crippen MR) is 121 cm³/mol. The number of aromatic nitrogens is 3. The van der Waals surface area contributed by atoms with Gasteiger partial charge in [-0.25, -0.2) is 18.4 Å². The Balaban J connectivity index is 1.90. The van der Waals surface area contributed by atoms with Gasteiger partial charge in [-0.1, -0.05) is 13.8 Å². The summed E-state index contributed by atoms with van der Waals surface area (Å²) in [6.45, 7) is 5.51. The van der Waals surface area contributed by atoms with Crippen LogP contribution >= 0.6 is 0 Å². The van der Waals surface area contributed by atoms with Gasteiger partial charge in [0.2, 0.25) is 0 Å². The molecule has 0 bridgehead atoms. The lowest BCUT2D eigenvalue weighted by Gasteiger charge is -2.19. The first-order valence-corrected chi connectivity index (χ1v) is 11.2. The Bertz CT molecular complexity index is 1240. The van der Waals surface area contributed by atoms with Crippen LogP contribution in [0.5, 0.6) is 0 Å². The van der Waals surface area contributed by atoms with E-state index in [1.54, 1.807) is 19.2 Å². The van der Waals surface area contributed by atoms with Crippen LogP contribution in [0, 0.1) is 17.1 Å². The fraction of sp³-hybridized carbons (Fsp3) is 0.273. The number of nitriles is 1. The maximum atomic E-state index is 14.4. The van der Waals surface area contributed by atoms with Crippen LogP contribution in [0.1, 0.15) is 37.9 Å². The Hall–Kier alpha value is -3.62. The van der Waals surface area contributed by atoms with Crippen molar-refractivity contribution in [1.29, 1.82) is 5.26 Å². The Morgan fingerprint density at radius 1 is 1.30 bits per heavy atom. The molecular formula is C22H23FN6O3S. The molecule has 33 heavy (non-hydrogen) atoms. The van der Waals surface area contributed by atoms with Crippen molar-refractivity contribution < 1.29 is 18.5 Å². The Morgan fingerprint density at radius 3 is 2.73 bits per heavy atom. The molecule has 0 spiro atoms. The minimum absolute atomic E-state index is 0.113. The molecule has 11 heteroatoms. The van der Waals surface area contributed by atoms with Crippen molar-refractivity contribution in [1.82, 2.24) is 19.5 Å². The summed E-state index contributed by atoms with van der Waals surface area (Å²) in [6, 6.07) is 8.32. The van der Waals surface area contributed by atoms with Gasteiger partial charge in [-0.3, -0.25) is 9.40 Å². The maximum Gasteiger partial charge on any atom is 0.331 e. The smallest absolute Gasteiger partial charge is 0.331 e. The van der Waals surface area contributed by atoms with Crippen molar-refractivity contribution in [3.8, 4) is 17.2 Å². The summed E-state index contributed by atoms with van der Waals surface area (Å²) in [5.74, 6) is -0.643. The lowest BCUT2D eigenvalue weighted by atomic mass is 9.94. The number of nitrogens with zero attached hydrogens (tertiary/aromatic N) is 4. The van der Waals surface area contributed by atoms with Crippen LogP contribution in [-0.2, 0) is 17.5 Å². The molecule has 0 aliphatic rings. The molecule has 0 saturated carbocycles. The zero-order chi connectivity index (χ0) is 24.1. The number of pyridine rings is 1. The van der Waals surface area contributed by atoms with Gasteiger partial charge in [0.15, 0.2) is 16.0 Å². The number of benzene rings is 1. The molecular weight excluding hydrogens is 447 g/mol. The highest BCUT2D eigenvalue weighted by Crippen LogP contribution is 2.36. The van der Waals surface area contributed by atoms with Crippen LogP contribution in [0.25, 0.3) is 11.1 Å². The third-order valence-electron chi connectivity index (χ3n) is 4.62. The number of aliphatic hydroxyl groups excluding tert-OH is 1. The van der Waals surface area contributed by atoms with E-state index in [2.05, 4.69) is 20.1 Å². The zero-order valence-electron chi connectivity index (χ0n) is 18.2. The molecule has 0 saturated heterocycles. The number of halogens is 1. The average molecular weight is 471 g/mol. The summed E-state index contributed by atoms with van der Waals surface area (Å²) in [5, 5.41) is 25.5. The van der Waals surface area contributed by atoms with E-state index in [1.165, 1.54) is 35.1 Å². The van der Waals surface area contributed by atoms with Gasteiger partial charge < -0.3 is 10.4 Å². The molecule has 0 aliphatic heterocycles. The number of hydrogen-bond acceptors (Lipinski definition) is 6. The van der Waals surface area contributed by atoms with Crippen molar-refractivity contribution in [2.24, 2.45) is 0 Å². The summed E-state index contributed by atoms with van der Waals surface area (Å²) in [4.78, 5) is 16.6. The van der Waals surface area contributed by atoms with E-state index < -0.39 is 28.9 Å². The summed E-state index contributed by atoms with van der Waals surface area (Å²) >= 11 is 0. The van der Waals surface area contributed by atoms with Gasteiger partial charge in [0.05, 0.1) is 18.3 Å². The van der Waals surface area contributed by atoms with Gasteiger partial charge >= 0.3 is 6.03 Å². The van der Waals surface area contributed by atoms with Gasteiger partial charge in [0, 0.05) is 18.0 Å². The van der Waals surface area contributed by atoms with Crippen LogP contribution < -0.4 is 10.0 Å². The fourth-order valence-corrected chi connectivity index (χ4v) is 3.89. The second kappa shape index (κ2) is 10.3. The Morgan fingerprint density at radius 2 is 2.06 bits per heavy atom. The first-order chi connectivity index (χ1) is 15.7. The molecule has 1 aromatic carbocycles. The standard InChI is InChI=1S/C22H23FN6O3S/c1-13(2)18-9-16(23)10-19(15-4-6-25-17(8-15)11-24)21(18)26-22(31)28-33(32)20-5-7-29(27-20)12-14(3)30/h4-10,13-14,30H,12H2,1-3H3,(H2,26,28,31)/t14-,33?/m1/s1. The summed E-state index contributed by atoms with van der Waals surface area (Å²) in [5.41, 5.74) is 1.86. The van der Waals surface area contributed by atoms with E-state index >= 15 is 0 Å². The predicted octanol–water partition coefficient (Wildman–Crippen LogP) is 3.30. The monoisotopic (exact) mass is 470 g/mol. The summed E-state index contributed by atoms with van der Waals surface area (Å²) < 4.78 is 30.7.